The third kappa shape index (κ3) is 6.14. The fraction of sp³-hybridized carbons (Fsp3) is 0.474. The molecule has 1 aromatic rings. The van der Waals surface area contributed by atoms with E-state index in [4.69, 9.17) is 11.5 Å². The molecular formula is C19H24F6N4O. The van der Waals surface area contributed by atoms with Crippen LogP contribution in [-0.4, -0.2) is 28.0 Å². The van der Waals surface area contributed by atoms with Crippen molar-refractivity contribution in [3.63, 3.8) is 0 Å². The van der Waals surface area contributed by atoms with Crippen LogP contribution in [0, 0.1) is 5.41 Å². The van der Waals surface area contributed by atoms with Crippen LogP contribution < -0.4 is 11.5 Å². The van der Waals surface area contributed by atoms with Gasteiger partial charge in [-0.05, 0) is 17.9 Å². The average molecular weight is 438 g/mol. The Hall–Kier alpha value is -2.72. The number of rotatable bonds is 6. The highest BCUT2D eigenvalue weighted by Gasteiger charge is 2.37. The summed E-state index contributed by atoms with van der Waals surface area (Å²) in [7, 11) is 0. The first-order valence-corrected chi connectivity index (χ1v) is 8.71. The highest BCUT2D eigenvalue weighted by molar-refractivity contribution is 5.98. The number of nitrogen functional groups attached to an aromatic ring is 1. The van der Waals surface area contributed by atoms with E-state index in [1.165, 1.54) is 6.08 Å². The predicted octanol–water partition coefficient (Wildman–Crippen LogP) is 4.88. The number of primary amides is 1. The first-order valence-electron chi connectivity index (χ1n) is 8.71. The van der Waals surface area contributed by atoms with Crippen molar-refractivity contribution in [2.24, 2.45) is 11.1 Å². The maximum atomic E-state index is 12.9. The average Bonchev–Trinajstić information content (AvgIpc) is 2.82. The Morgan fingerprint density at radius 2 is 1.70 bits per heavy atom. The zero-order valence-electron chi connectivity index (χ0n) is 16.9. The monoisotopic (exact) mass is 438 g/mol. The minimum atomic E-state index is -4.68. The van der Waals surface area contributed by atoms with Gasteiger partial charge < -0.3 is 11.5 Å². The minimum Gasteiger partial charge on any atom is -0.383 e. The molecule has 11 heteroatoms. The number of halogens is 6. The Kier molecular flexibility index (Phi) is 7.23. The smallest absolute Gasteiger partial charge is 0.383 e. The molecule has 1 aromatic heterocycles. The van der Waals surface area contributed by atoms with E-state index in [1.807, 2.05) is 0 Å². The SMILES string of the molecule is C=C/C(=C\C=C(/C)C(F)(F)F)C(n1nc(CC(F)(F)F)c(C(N)=O)c1N)C(C)(C)C. The Bertz CT molecular complexity index is 869. The molecule has 0 aromatic carbocycles. The van der Waals surface area contributed by atoms with Crippen LogP contribution in [-0.2, 0) is 6.42 Å². The van der Waals surface area contributed by atoms with Gasteiger partial charge in [-0.25, -0.2) is 4.68 Å². The second kappa shape index (κ2) is 8.57. The molecule has 1 amide bonds. The van der Waals surface area contributed by atoms with Crippen LogP contribution in [0.1, 0.15) is 49.8 Å². The molecule has 5 nitrogen and oxygen atoms in total. The van der Waals surface area contributed by atoms with Gasteiger partial charge in [-0.15, -0.1) is 0 Å². The van der Waals surface area contributed by atoms with Crippen molar-refractivity contribution in [3.05, 3.63) is 47.2 Å². The van der Waals surface area contributed by atoms with Gasteiger partial charge in [0.05, 0.1) is 18.2 Å². The van der Waals surface area contributed by atoms with Gasteiger partial charge in [-0.1, -0.05) is 45.6 Å². The third-order valence-corrected chi connectivity index (χ3v) is 4.22. The van der Waals surface area contributed by atoms with Crippen LogP contribution in [0.3, 0.4) is 0 Å². The van der Waals surface area contributed by atoms with Crippen LogP contribution in [0.4, 0.5) is 32.2 Å². The lowest BCUT2D eigenvalue weighted by atomic mass is 9.81. The highest BCUT2D eigenvalue weighted by Crippen LogP contribution is 2.40. The van der Waals surface area contributed by atoms with Gasteiger partial charge in [0.15, 0.2) is 0 Å². The van der Waals surface area contributed by atoms with E-state index in [0.29, 0.717) is 0 Å². The maximum absolute atomic E-state index is 12.9. The molecule has 1 atom stereocenters. The number of carbonyl (C=O) groups is 1. The van der Waals surface area contributed by atoms with Crippen LogP contribution in [0.5, 0.6) is 0 Å². The molecule has 0 aliphatic heterocycles. The molecule has 0 saturated heterocycles. The number of nitrogens with two attached hydrogens (primary N) is 2. The van der Waals surface area contributed by atoms with Gasteiger partial charge >= 0.3 is 12.4 Å². The van der Waals surface area contributed by atoms with E-state index in [0.717, 1.165) is 23.8 Å². The van der Waals surface area contributed by atoms with Crippen LogP contribution in [0.15, 0.2) is 36.0 Å². The molecule has 0 radical (unpaired) electrons. The lowest BCUT2D eigenvalue weighted by Gasteiger charge is -2.32. The first kappa shape index (κ1) is 25.3. The number of allylic oxidation sites excluding steroid dienone is 5. The normalized spacial score (nSPS) is 15.3. The number of aromatic nitrogens is 2. The molecule has 1 unspecified atom stereocenters. The lowest BCUT2D eigenvalue weighted by molar-refractivity contribution is -0.128. The number of hydrogen-bond donors (Lipinski definition) is 2. The Labute approximate surface area is 170 Å². The minimum absolute atomic E-state index is 0.204. The Morgan fingerprint density at radius 1 is 1.17 bits per heavy atom. The molecule has 0 bridgehead atoms. The van der Waals surface area contributed by atoms with Crippen LogP contribution >= 0.6 is 0 Å². The molecule has 0 aliphatic carbocycles. The summed E-state index contributed by atoms with van der Waals surface area (Å²) >= 11 is 0. The summed E-state index contributed by atoms with van der Waals surface area (Å²) < 4.78 is 78.2. The Balaban J connectivity index is 3.73. The molecule has 1 heterocycles. The van der Waals surface area contributed by atoms with Crippen molar-refractivity contribution < 1.29 is 31.1 Å². The van der Waals surface area contributed by atoms with Crippen LogP contribution in [0.25, 0.3) is 0 Å². The summed E-state index contributed by atoms with van der Waals surface area (Å²) in [5.74, 6) is -1.60. The maximum Gasteiger partial charge on any atom is 0.412 e. The number of anilines is 1. The van der Waals surface area contributed by atoms with Crippen LogP contribution in [0.2, 0.25) is 0 Å². The molecule has 0 fully saturated rings. The summed E-state index contributed by atoms with van der Waals surface area (Å²) in [6.07, 6.45) is -7.56. The van der Waals surface area contributed by atoms with E-state index in [-0.39, 0.29) is 5.57 Å². The fourth-order valence-corrected chi connectivity index (χ4v) is 2.87. The molecule has 4 N–H and O–H groups in total. The van der Waals surface area contributed by atoms with Gasteiger partial charge in [-0.3, -0.25) is 4.79 Å². The van der Waals surface area contributed by atoms with Crippen molar-refractivity contribution in [2.45, 2.75) is 52.5 Å². The molecule has 168 valence electrons. The summed E-state index contributed by atoms with van der Waals surface area (Å²) in [6, 6.07) is -0.938. The van der Waals surface area contributed by atoms with Gasteiger partial charge in [-0.2, -0.15) is 31.4 Å². The van der Waals surface area contributed by atoms with Crippen molar-refractivity contribution >= 4 is 11.7 Å². The van der Waals surface area contributed by atoms with Gasteiger partial charge in [0.1, 0.15) is 11.4 Å². The summed E-state index contributed by atoms with van der Waals surface area (Å²) in [5, 5.41) is 3.87. The summed E-state index contributed by atoms with van der Waals surface area (Å²) in [4.78, 5) is 11.7. The topological polar surface area (TPSA) is 86.9 Å². The quantitative estimate of drug-likeness (QED) is 0.490. The number of hydrogen-bond acceptors (Lipinski definition) is 3. The standard InChI is InChI=1S/C19H24F6N4O/c1-6-11(8-7-10(2)19(23,24)25)14(17(3,4)5)29-15(26)13(16(27)30)12(28-29)9-18(20,21)22/h6-8,14H,1,9,26H2,2-5H3,(H2,27,30)/b10-7+,11-8+. The molecule has 30 heavy (non-hydrogen) atoms. The van der Waals surface area contributed by atoms with E-state index in [2.05, 4.69) is 11.7 Å². The second-order valence-corrected chi connectivity index (χ2v) is 7.79. The van der Waals surface area contributed by atoms with Crippen molar-refractivity contribution in [3.8, 4) is 0 Å². The third-order valence-electron chi connectivity index (χ3n) is 4.22. The van der Waals surface area contributed by atoms with Crippen molar-refractivity contribution in [2.75, 3.05) is 5.73 Å². The van der Waals surface area contributed by atoms with Crippen molar-refractivity contribution in [1.29, 1.82) is 0 Å². The molecular weight excluding hydrogens is 414 g/mol. The molecule has 0 spiro atoms. The summed E-state index contributed by atoms with van der Waals surface area (Å²) in [6.45, 7) is 9.51. The predicted molar refractivity (Wildman–Crippen MR) is 102 cm³/mol. The van der Waals surface area contributed by atoms with E-state index in [1.54, 1.807) is 20.8 Å². The summed E-state index contributed by atoms with van der Waals surface area (Å²) in [5.41, 5.74) is 8.41. The zero-order valence-corrected chi connectivity index (χ0v) is 16.9. The zero-order chi connectivity index (χ0) is 23.7. The molecule has 1 rings (SSSR count). The van der Waals surface area contributed by atoms with E-state index < -0.39 is 58.8 Å². The lowest BCUT2D eigenvalue weighted by Crippen LogP contribution is -2.28. The molecule has 0 aliphatic rings. The second-order valence-electron chi connectivity index (χ2n) is 7.79. The molecule has 0 saturated carbocycles. The van der Waals surface area contributed by atoms with Crippen molar-refractivity contribution in [1.82, 2.24) is 9.78 Å². The number of amides is 1. The Morgan fingerprint density at radius 3 is 2.07 bits per heavy atom. The number of carbonyl (C=O) groups excluding carboxylic acids is 1. The van der Waals surface area contributed by atoms with Gasteiger partial charge in [0, 0.05) is 5.57 Å². The first-order chi connectivity index (χ1) is 13.4. The highest BCUT2D eigenvalue weighted by atomic mass is 19.4. The number of nitrogens with zero attached hydrogens (tertiary/aromatic N) is 2. The largest absolute Gasteiger partial charge is 0.412 e. The van der Waals surface area contributed by atoms with Gasteiger partial charge in [0.2, 0.25) is 0 Å². The van der Waals surface area contributed by atoms with E-state index >= 15 is 0 Å². The van der Waals surface area contributed by atoms with E-state index in [9.17, 15) is 31.1 Å². The number of alkyl halides is 6. The van der Waals surface area contributed by atoms with Gasteiger partial charge in [0.25, 0.3) is 5.91 Å². The fourth-order valence-electron chi connectivity index (χ4n) is 2.87.